The molecule has 0 unspecified atom stereocenters. The van der Waals surface area contributed by atoms with Crippen LogP contribution in [0.3, 0.4) is 0 Å². The number of sulfonamides is 1. The van der Waals surface area contributed by atoms with Gasteiger partial charge in [-0.15, -0.1) is 0 Å². The summed E-state index contributed by atoms with van der Waals surface area (Å²) in [5.41, 5.74) is 0.384. The Hall–Kier alpha value is -1.96. The van der Waals surface area contributed by atoms with Crippen molar-refractivity contribution in [1.82, 2.24) is 9.62 Å². The molecular formula is C20H22ClFN2O3S. The summed E-state index contributed by atoms with van der Waals surface area (Å²) in [5.74, 6) is -0.979. The molecule has 2 aromatic rings. The molecule has 1 N–H and O–H groups in total. The van der Waals surface area contributed by atoms with Gasteiger partial charge in [0.25, 0.3) is 5.91 Å². The first kappa shape index (κ1) is 20.8. The van der Waals surface area contributed by atoms with Crippen LogP contribution in [0.15, 0.2) is 47.4 Å². The van der Waals surface area contributed by atoms with Crippen LogP contribution in [0.25, 0.3) is 0 Å². The van der Waals surface area contributed by atoms with Gasteiger partial charge < -0.3 is 5.32 Å². The third-order valence-electron chi connectivity index (χ3n) is 4.78. The fraction of sp³-hybridized carbons (Fsp3) is 0.350. The maximum Gasteiger partial charge on any atom is 0.253 e. The zero-order chi connectivity index (χ0) is 20.1. The average molecular weight is 425 g/mol. The zero-order valence-corrected chi connectivity index (χ0v) is 16.9. The molecule has 1 heterocycles. The highest BCUT2D eigenvalue weighted by Gasteiger charge is 2.26. The molecule has 0 atom stereocenters. The molecule has 2 aromatic carbocycles. The molecule has 8 heteroatoms. The van der Waals surface area contributed by atoms with Gasteiger partial charge in [-0.1, -0.05) is 42.6 Å². The van der Waals surface area contributed by atoms with Gasteiger partial charge in [-0.05, 0) is 37.1 Å². The third kappa shape index (κ3) is 4.71. The maximum absolute atomic E-state index is 13.7. The van der Waals surface area contributed by atoms with Gasteiger partial charge in [-0.2, -0.15) is 4.31 Å². The molecule has 0 aliphatic carbocycles. The molecule has 1 saturated heterocycles. The second kappa shape index (κ2) is 9.03. The van der Waals surface area contributed by atoms with Crippen molar-refractivity contribution in [3.63, 3.8) is 0 Å². The normalized spacial score (nSPS) is 15.8. The Balaban J connectivity index is 1.80. The Morgan fingerprint density at radius 3 is 2.43 bits per heavy atom. The second-order valence-electron chi connectivity index (χ2n) is 6.73. The number of hydrogen-bond donors (Lipinski definition) is 1. The van der Waals surface area contributed by atoms with E-state index in [-0.39, 0.29) is 22.0 Å². The Labute approximate surface area is 169 Å². The summed E-state index contributed by atoms with van der Waals surface area (Å²) in [6, 6.07) is 10.2. The quantitative estimate of drug-likeness (QED) is 0.789. The molecule has 0 saturated carbocycles. The SMILES string of the molecule is O=C(NCc1ccccc1F)c1cc(S(=O)(=O)N2CCCCCC2)ccc1Cl. The largest absolute Gasteiger partial charge is 0.348 e. The van der Waals surface area contributed by atoms with E-state index in [1.165, 1.54) is 28.6 Å². The van der Waals surface area contributed by atoms with E-state index in [4.69, 9.17) is 11.6 Å². The van der Waals surface area contributed by atoms with Crippen LogP contribution >= 0.6 is 11.6 Å². The van der Waals surface area contributed by atoms with Gasteiger partial charge in [0, 0.05) is 25.2 Å². The van der Waals surface area contributed by atoms with Crippen LogP contribution in [-0.4, -0.2) is 31.7 Å². The number of nitrogens with zero attached hydrogens (tertiary/aromatic N) is 1. The molecular weight excluding hydrogens is 403 g/mol. The average Bonchev–Trinajstić information content (AvgIpc) is 2.97. The number of hydrogen-bond acceptors (Lipinski definition) is 3. The molecule has 28 heavy (non-hydrogen) atoms. The fourth-order valence-corrected chi connectivity index (χ4v) is 4.93. The van der Waals surface area contributed by atoms with Crippen LogP contribution in [0.1, 0.15) is 41.6 Å². The predicted molar refractivity (Wildman–Crippen MR) is 106 cm³/mol. The maximum atomic E-state index is 13.7. The summed E-state index contributed by atoms with van der Waals surface area (Å²) in [6.45, 7) is 0.921. The summed E-state index contributed by atoms with van der Waals surface area (Å²) in [6.07, 6.45) is 3.66. The molecule has 0 radical (unpaired) electrons. The minimum Gasteiger partial charge on any atom is -0.348 e. The van der Waals surface area contributed by atoms with E-state index in [2.05, 4.69) is 5.32 Å². The molecule has 150 valence electrons. The minimum absolute atomic E-state index is 0.0229. The third-order valence-corrected chi connectivity index (χ3v) is 7.01. The van der Waals surface area contributed by atoms with Gasteiger partial charge in [0.15, 0.2) is 0 Å². The lowest BCUT2D eigenvalue weighted by Crippen LogP contribution is -2.32. The Kier molecular flexibility index (Phi) is 6.69. The highest BCUT2D eigenvalue weighted by Crippen LogP contribution is 2.25. The summed E-state index contributed by atoms with van der Waals surface area (Å²) in [4.78, 5) is 12.6. The first-order valence-corrected chi connectivity index (χ1v) is 11.0. The van der Waals surface area contributed by atoms with Crippen LogP contribution < -0.4 is 5.32 Å². The molecule has 1 aliphatic heterocycles. The molecule has 1 fully saturated rings. The second-order valence-corrected chi connectivity index (χ2v) is 9.08. The van der Waals surface area contributed by atoms with Gasteiger partial charge >= 0.3 is 0 Å². The first-order chi connectivity index (χ1) is 13.4. The number of nitrogens with one attached hydrogen (secondary N) is 1. The predicted octanol–water partition coefficient (Wildman–Crippen LogP) is 3.97. The van der Waals surface area contributed by atoms with Crippen LogP contribution in [0.4, 0.5) is 4.39 Å². The highest BCUT2D eigenvalue weighted by molar-refractivity contribution is 7.89. The Morgan fingerprint density at radius 1 is 1.07 bits per heavy atom. The fourth-order valence-electron chi connectivity index (χ4n) is 3.18. The molecule has 0 spiro atoms. The van der Waals surface area contributed by atoms with Crippen molar-refractivity contribution in [2.45, 2.75) is 37.1 Å². The number of rotatable bonds is 5. The molecule has 5 nitrogen and oxygen atoms in total. The van der Waals surface area contributed by atoms with E-state index in [1.54, 1.807) is 18.2 Å². The molecule has 3 rings (SSSR count). The number of benzene rings is 2. The van der Waals surface area contributed by atoms with Crippen LogP contribution in [0, 0.1) is 5.82 Å². The minimum atomic E-state index is -3.70. The number of carbonyl (C=O) groups is 1. The summed E-state index contributed by atoms with van der Waals surface area (Å²) in [5, 5.41) is 2.73. The van der Waals surface area contributed by atoms with Gasteiger partial charge in [-0.25, -0.2) is 12.8 Å². The zero-order valence-electron chi connectivity index (χ0n) is 15.3. The lowest BCUT2D eigenvalue weighted by molar-refractivity contribution is 0.0950. The van der Waals surface area contributed by atoms with Crippen molar-refractivity contribution in [2.75, 3.05) is 13.1 Å². The highest BCUT2D eigenvalue weighted by atomic mass is 35.5. The number of amides is 1. The van der Waals surface area contributed by atoms with Crippen LogP contribution in [0.5, 0.6) is 0 Å². The van der Waals surface area contributed by atoms with E-state index in [0.29, 0.717) is 18.7 Å². The summed E-state index contributed by atoms with van der Waals surface area (Å²) in [7, 11) is -3.70. The topological polar surface area (TPSA) is 66.5 Å². The Morgan fingerprint density at radius 2 is 1.75 bits per heavy atom. The van der Waals surface area contributed by atoms with Gasteiger partial charge in [-0.3, -0.25) is 4.79 Å². The van der Waals surface area contributed by atoms with Crippen molar-refractivity contribution in [1.29, 1.82) is 0 Å². The summed E-state index contributed by atoms with van der Waals surface area (Å²) >= 11 is 6.12. The molecule has 0 aromatic heterocycles. The lowest BCUT2D eigenvalue weighted by Gasteiger charge is -2.20. The molecule has 0 bridgehead atoms. The van der Waals surface area contributed by atoms with Gasteiger partial charge in [0.2, 0.25) is 10.0 Å². The van der Waals surface area contributed by atoms with E-state index < -0.39 is 21.7 Å². The molecule has 1 amide bonds. The van der Waals surface area contributed by atoms with E-state index in [9.17, 15) is 17.6 Å². The van der Waals surface area contributed by atoms with Crippen molar-refractivity contribution in [2.24, 2.45) is 0 Å². The van der Waals surface area contributed by atoms with E-state index >= 15 is 0 Å². The smallest absolute Gasteiger partial charge is 0.253 e. The van der Waals surface area contributed by atoms with E-state index in [0.717, 1.165) is 25.7 Å². The van der Waals surface area contributed by atoms with Crippen molar-refractivity contribution >= 4 is 27.5 Å². The first-order valence-electron chi connectivity index (χ1n) is 9.21. The van der Waals surface area contributed by atoms with Crippen LogP contribution in [-0.2, 0) is 16.6 Å². The number of carbonyl (C=O) groups excluding carboxylic acids is 1. The Bertz CT molecular complexity index is 958. The standard InChI is InChI=1S/C20H22ClFN2O3S/c21-18-10-9-16(28(26,27)24-11-5-1-2-6-12-24)13-17(18)20(25)23-14-15-7-3-4-8-19(15)22/h3-4,7-10,13H,1-2,5-6,11-12,14H2,(H,23,25). The van der Waals surface area contributed by atoms with Crippen LogP contribution in [0.2, 0.25) is 5.02 Å². The monoisotopic (exact) mass is 424 g/mol. The number of halogens is 2. The molecule has 1 aliphatic rings. The summed E-state index contributed by atoms with van der Waals surface area (Å²) < 4.78 is 41.1. The van der Waals surface area contributed by atoms with Crippen molar-refractivity contribution < 1.29 is 17.6 Å². The van der Waals surface area contributed by atoms with Crippen molar-refractivity contribution in [3.8, 4) is 0 Å². The van der Waals surface area contributed by atoms with E-state index in [1.807, 2.05) is 0 Å². The van der Waals surface area contributed by atoms with Crippen molar-refractivity contribution in [3.05, 3.63) is 64.4 Å². The van der Waals surface area contributed by atoms with Gasteiger partial charge in [0.05, 0.1) is 15.5 Å². The van der Waals surface area contributed by atoms with Gasteiger partial charge in [0.1, 0.15) is 5.82 Å². The lowest BCUT2D eigenvalue weighted by atomic mass is 10.2.